The largest absolute Gasteiger partial charge is 0.460 e. The van der Waals surface area contributed by atoms with E-state index in [1.807, 2.05) is 0 Å². The third-order valence-electron chi connectivity index (χ3n) is 1.98. The fourth-order valence-electron chi connectivity index (χ4n) is 1.01. The minimum Gasteiger partial charge on any atom is -0.460 e. The predicted molar refractivity (Wildman–Crippen MR) is 52.7 cm³/mol. The van der Waals surface area contributed by atoms with Crippen LogP contribution in [0.2, 0.25) is 0 Å². The molecule has 0 unspecified atom stereocenters. The van der Waals surface area contributed by atoms with Gasteiger partial charge in [-0.2, -0.15) is 0 Å². The van der Waals surface area contributed by atoms with E-state index in [1.54, 1.807) is 43.2 Å². The highest BCUT2D eigenvalue weighted by Gasteiger charge is 2.30. The first kappa shape index (κ1) is 10.5. The molecule has 0 aliphatic rings. The molecular weight excluding hydrogens is 180 g/mol. The summed E-state index contributed by atoms with van der Waals surface area (Å²) in [4.78, 5) is 15.5. The molecule has 0 atom stereocenters. The van der Waals surface area contributed by atoms with Crippen LogP contribution in [0, 0.1) is 0 Å². The Morgan fingerprint density at radius 2 is 2.43 bits per heavy atom. The first-order valence-corrected chi connectivity index (χ1v) is 4.35. The van der Waals surface area contributed by atoms with Crippen LogP contribution in [-0.2, 0) is 15.1 Å². The molecule has 0 N–H and O–H groups in total. The Balaban J connectivity index is 2.74. The van der Waals surface area contributed by atoms with Gasteiger partial charge in [0, 0.05) is 12.4 Å². The molecule has 0 aromatic carbocycles. The topological polar surface area (TPSA) is 44.1 Å². The van der Waals surface area contributed by atoms with Crippen LogP contribution in [0.5, 0.6) is 0 Å². The molecule has 4 nitrogen and oxygen atoms in total. The van der Waals surface area contributed by atoms with Gasteiger partial charge < -0.3 is 9.30 Å². The Kier molecular flexibility index (Phi) is 3.06. The lowest BCUT2D eigenvalue weighted by Gasteiger charge is -2.23. The molecule has 76 valence electrons. The van der Waals surface area contributed by atoms with Crippen molar-refractivity contribution >= 4 is 5.97 Å². The molecule has 0 amide bonds. The van der Waals surface area contributed by atoms with E-state index in [-0.39, 0.29) is 12.6 Å². The Morgan fingerprint density at radius 3 is 2.93 bits per heavy atom. The van der Waals surface area contributed by atoms with Crippen molar-refractivity contribution in [1.29, 1.82) is 0 Å². The summed E-state index contributed by atoms with van der Waals surface area (Å²) in [5.41, 5.74) is -0.723. The van der Waals surface area contributed by atoms with E-state index in [4.69, 9.17) is 4.74 Å². The molecule has 4 heteroatoms. The first-order valence-electron chi connectivity index (χ1n) is 4.35. The Labute approximate surface area is 83.2 Å². The van der Waals surface area contributed by atoms with Crippen molar-refractivity contribution in [2.24, 2.45) is 0 Å². The lowest BCUT2D eigenvalue weighted by molar-refractivity contribution is -0.151. The monoisotopic (exact) mass is 194 g/mol. The fraction of sp³-hybridized carbons (Fsp3) is 0.400. The molecule has 1 rings (SSSR count). The van der Waals surface area contributed by atoms with E-state index in [2.05, 4.69) is 11.6 Å². The second-order valence-electron chi connectivity index (χ2n) is 3.42. The van der Waals surface area contributed by atoms with Crippen LogP contribution in [0.4, 0.5) is 0 Å². The van der Waals surface area contributed by atoms with Crippen molar-refractivity contribution in [3.63, 3.8) is 0 Å². The highest BCUT2D eigenvalue weighted by Crippen LogP contribution is 2.16. The number of carbonyl (C=O) groups is 1. The van der Waals surface area contributed by atoms with Crippen LogP contribution in [0.1, 0.15) is 13.8 Å². The standard InChI is InChI=1S/C10H14N2O2/c1-4-7-14-9(13)10(2,3)12-6-5-11-8-12/h4-6,8H,1,7H2,2-3H3. The van der Waals surface area contributed by atoms with Crippen molar-refractivity contribution in [2.45, 2.75) is 19.4 Å². The number of rotatable bonds is 4. The number of hydrogen-bond acceptors (Lipinski definition) is 3. The van der Waals surface area contributed by atoms with Crippen molar-refractivity contribution in [3.05, 3.63) is 31.4 Å². The minimum atomic E-state index is -0.723. The molecule has 0 fully saturated rings. The second kappa shape index (κ2) is 4.09. The molecule has 1 aromatic rings. The van der Waals surface area contributed by atoms with E-state index in [9.17, 15) is 4.79 Å². The van der Waals surface area contributed by atoms with Gasteiger partial charge in [-0.05, 0) is 13.8 Å². The highest BCUT2D eigenvalue weighted by atomic mass is 16.5. The zero-order valence-electron chi connectivity index (χ0n) is 8.43. The zero-order valence-corrected chi connectivity index (χ0v) is 8.43. The molecule has 1 aromatic heterocycles. The fourth-order valence-corrected chi connectivity index (χ4v) is 1.01. The van der Waals surface area contributed by atoms with Gasteiger partial charge in [-0.3, -0.25) is 0 Å². The van der Waals surface area contributed by atoms with Crippen LogP contribution in [0.25, 0.3) is 0 Å². The summed E-state index contributed by atoms with van der Waals surface area (Å²) >= 11 is 0. The van der Waals surface area contributed by atoms with Gasteiger partial charge in [-0.1, -0.05) is 12.7 Å². The molecule has 1 heterocycles. The summed E-state index contributed by atoms with van der Waals surface area (Å²) in [5.74, 6) is -0.296. The first-order chi connectivity index (χ1) is 6.59. The lowest BCUT2D eigenvalue weighted by atomic mass is 10.1. The number of carbonyl (C=O) groups excluding carboxylic acids is 1. The highest BCUT2D eigenvalue weighted by molar-refractivity contribution is 5.77. The lowest BCUT2D eigenvalue weighted by Crippen LogP contribution is -2.36. The molecule has 0 spiro atoms. The maximum atomic E-state index is 11.6. The van der Waals surface area contributed by atoms with Gasteiger partial charge in [0.2, 0.25) is 0 Å². The third-order valence-corrected chi connectivity index (χ3v) is 1.98. The van der Waals surface area contributed by atoms with E-state index in [1.165, 1.54) is 0 Å². The zero-order chi connectivity index (χ0) is 10.6. The predicted octanol–water partition coefficient (Wildman–Crippen LogP) is 1.35. The summed E-state index contributed by atoms with van der Waals surface area (Å²) < 4.78 is 6.68. The Morgan fingerprint density at radius 1 is 1.71 bits per heavy atom. The van der Waals surface area contributed by atoms with Crippen LogP contribution < -0.4 is 0 Å². The van der Waals surface area contributed by atoms with Gasteiger partial charge >= 0.3 is 5.97 Å². The van der Waals surface area contributed by atoms with Gasteiger partial charge in [-0.25, -0.2) is 9.78 Å². The van der Waals surface area contributed by atoms with Crippen molar-refractivity contribution in [3.8, 4) is 0 Å². The number of hydrogen-bond donors (Lipinski definition) is 0. The second-order valence-corrected chi connectivity index (χ2v) is 3.42. The number of imidazole rings is 1. The van der Waals surface area contributed by atoms with Gasteiger partial charge in [-0.15, -0.1) is 0 Å². The van der Waals surface area contributed by atoms with Crippen LogP contribution in [-0.4, -0.2) is 22.1 Å². The summed E-state index contributed by atoms with van der Waals surface area (Å²) in [7, 11) is 0. The molecule has 0 bridgehead atoms. The summed E-state index contributed by atoms with van der Waals surface area (Å²) in [6, 6.07) is 0. The minimum absolute atomic E-state index is 0.233. The van der Waals surface area contributed by atoms with Crippen LogP contribution in [0.15, 0.2) is 31.4 Å². The van der Waals surface area contributed by atoms with Gasteiger partial charge in [0.15, 0.2) is 0 Å². The quantitative estimate of drug-likeness (QED) is 0.536. The average molecular weight is 194 g/mol. The maximum Gasteiger partial charge on any atom is 0.332 e. The van der Waals surface area contributed by atoms with Gasteiger partial charge in [0.1, 0.15) is 12.1 Å². The molecule has 0 saturated heterocycles. The molecule has 0 saturated carbocycles. The summed E-state index contributed by atoms with van der Waals surface area (Å²) in [6.45, 7) is 7.27. The maximum absolute atomic E-state index is 11.6. The van der Waals surface area contributed by atoms with E-state index < -0.39 is 5.54 Å². The number of nitrogens with zero attached hydrogens (tertiary/aromatic N) is 2. The van der Waals surface area contributed by atoms with E-state index >= 15 is 0 Å². The molecule has 0 aliphatic heterocycles. The van der Waals surface area contributed by atoms with Crippen LogP contribution in [0.3, 0.4) is 0 Å². The normalized spacial score (nSPS) is 11.0. The van der Waals surface area contributed by atoms with E-state index in [0.29, 0.717) is 0 Å². The Hall–Kier alpha value is -1.58. The van der Waals surface area contributed by atoms with E-state index in [0.717, 1.165) is 0 Å². The molecule has 14 heavy (non-hydrogen) atoms. The number of ether oxygens (including phenoxy) is 1. The molecular formula is C10H14N2O2. The smallest absolute Gasteiger partial charge is 0.332 e. The SMILES string of the molecule is C=CCOC(=O)C(C)(C)n1ccnc1. The molecule has 0 aliphatic carbocycles. The molecule has 0 radical (unpaired) electrons. The van der Waals surface area contributed by atoms with Crippen molar-refractivity contribution in [1.82, 2.24) is 9.55 Å². The number of esters is 1. The third kappa shape index (κ3) is 2.02. The van der Waals surface area contributed by atoms with Crippen molar-refractivity contribution < 1.29 is 9.53 Å². The Bertz CT molecular complexity index is 315. The summed E-state index contributed by atoms with van der Waals surface area (Å²) in [6.07, 6.45) is 6.49. The summed E-state index contributed by atoms with van der Waals surface area (Å²) in [5, 5.41) is 0. The van der Waals surface area contributed by atoms with Crippen LogP contribution >= 0.6 is 0 Å². The number of aromatic nitrogens is 2. The van der Waals surface area contributed by atoms with Gasteiger partial charge in [0.05, 0.1) is 6.33 Å². The van der Waals surface area contributed by atoms with Gasteiger partial charge in [0.25, 0.3) is 0 Å². The van der Waals surface area contributed by atoms with Crippen molar-refractivity contribution in [2.75, 3.05) is 6.61 Å². The average Bonchev–Trinajstić information content (AvgIpc) is 2.67.